The summed E-state index contributed by atoms with van der Waals surface area (Å²) >= 11 is 30.8. The predicted octanol–water partition coefficient (Wildman–Crippen LogP) is 6.84. The number of nitrogens with zero attached hydrogens (tertiary/aromatic N) is 3. The minimum absolute atomic E-state index is 0.190. The second-order valence-corrected chi connectivity index (χ2v) is 8.53. The standard InChI is InChI=1S/C20H12Cl5N5O/c21-10-4-5-11(15(24)6-10)17-7-18(28-27-17)20(31)26-19-16(25)9-30(29-19)8-12-13(22)2-1-3-14(12)23/h1-7,9H,8H2,(H,27,28)(H,26,29,31). The van der Waals surface area contributed by atoms with Crippen LogP contribution < -0.4 is 5.32 Å². The lowest BCUT2D eigenvalue weighted by molar-refractivity contribution is 0.102. The van der Waals surface area contributed by atoms with Gasteiger partial charge >= 0.3 is 0 Å². The van der Waals surface area contributed by atoms with E-state index in [1.165, 1.54) is 4.68 Å². The van der Waals surface area contributed by atoms with E-state index in [9.17, 15) is 4.79 Å². The summed E-state index contributed by atoms with van der Waals surface area (Å²) in [4.78, 5) is 12.6. The molecule has 11 heteroatoms. The second kappa shape index (κ2) is 9.10. The van der Waals surface area contributed by atoms with Gasteiger partial charge in [0, 0.05) is 32.4 Å². The first-order valence-electron chi connectivity index (χ1n) is 8.80. The van der Waals surface area contributed by atoms with Gasteiger partial charge in [-0.15, -0.1) is 0 Å². The number of rotatable bonds is 5. The largest absolute Gasteiger partial charge is 0.302 e. The van der Waals surface area contributed by atoms with Gasteiger partial charge in [0.15, 0.2) is 5.82 Å². The van der Waals surface area contributed by atoms with Crippen molar-refractivity contribution in [3.05, 3.63) is 85.0 Å². The van der Waals surface area contributed by atoms with Gasteiger partial charge in [-0.3, -0.25) is 14.6 Å². The van der Waals surface area contributed by atoms with Crippen molar-refractivity contribution in [3.63, 3.8) is 0 Å². The zero-order chi connectivity index (χ0) is 22.1. The van der Waals surface area contributed by atoms with Gasteiger partial charge < -0.3 is 5.32 Å². The first kappa shape index (κ1) is 22.0. The van der Waals surface area contributed by atoms with Crippen LogP contribution in [0.3, 0.4) is 0 Å². The van der Waals surface area contributed by atoms with Crippen LogP contribution in [0, 0.1) is 0 Å². The van der Waals surface area contributed by atoms with Crippen molar-refractivity contribution in [3.8, 4) is 11.3 Å². The molecule has 158 valence electrons. The molecule has 2 N–H and O–H groups in total. The van der Waals surface area contributed by atoms with Gasteiger partial charge in [0.2, 0.25) is 0 Å². The summed E-state index contributed by atoms with van der Waals surface area (Å²) in [6.07, 6.45) is 1.57. The molecule has 0 saturated carbocycles. The van der Waals surface area contributed by atoms with Crippen LogP contribution in [-0.4, -0.2) is 25.9 Å². The fourth-order valence-electron chi connectivity index (χ4n) is 2.86. The smallest absolute Gasteiger partial charge is 0.274 e. The van der Waals surface area contributed by atoms with E-state index in [-0.39, 0.29) is 23.1 Å². The molecule has 1 amide bonds. The fourth-order valence-corrected chi connectivity index (χ4v) is 4.08. The van der Waals surface area contributed by atoms with Gasteiger partial charge in [-0.25, -0.2) is 0 Å². The molecular weight excluding hydrogens is 504 g/mol. The topological polar surface area (TPSA) is 75.6 Å². The maximum Gasteiger partial charge on any atom is 0.274 e. The molecule has 0 spiro atoms. The van der Waals surface area contributed by atoms with Gasteiger partial charge in [0.1, 0.15) is 10.7 Å². The van der Waals surface area contributed by atoms with Crippen LogP contribution in [0.5, 0.6) is 0 Å². The number of anilines is 1. The molecule has 0 bridgehead atoms. The summed E-state index contributed by atoms with van der Waals surface area (Å²) < 4.78 is 1.54. The van der Waals surface area contributed by atoms with Gasteiger partial charge in [0.05, 0.1) is 17.3 Å². The number of carbonyl (C=O) groups excluding carboxylic acids is 1. The van der Waals surface area contributed by atoms with Crippen molar-refractivity contribution in [1.82, 2.24) is 20.0 Å². The molecule has 2 heterocycles. The second-order valence-electron chi connectivity index (χ2n) is 6.47. The molecule has 4 aromatic rings. The minimum Gasteiger partial charge on any atom is -0.302 e. The lowest BCUT2D eigenvalue weighted by atomic mass is 10.1. The number of hydrogen-bond donors (Lipinski definition) is 2. The maximum atomic E-state index is 12.6. The van der Waals surface area contributed by atoms with Crippen molar-refractivity contribution in [2.45, 2.75) is 6.54 Å². The van der Waals surface area contributed by atoms with Crippen molar-refractivity contribution >= 4 is 69.7 Å². The zero-order valence-electron chi connectivity index (χ0n) is 15.5. The third-order valence-corrected chi connectivity index (χ3v) is 5.89. The average molecular weight is 516 g/mol. The van der Waals surface area contributed by atoms with E-state index in [0.29, 0.717) is 36.9 Å². The molecule has 0 aliphatic rings. The van der Waals surface area contributed by atoms with Crippen LogP contribution in [0.25, 0.3) is 11.3 Å². The predicted molar refractivity (Wildman–Crippen MR) is 125 cm³/mol. The Morgan fingerprint density at radius 2 is 1.71 bits per heavy atom. The highest BCUT2D eigenvalue weighted by atomic mass is 35.5. The van der Waals surface area contributed by atoms with E-state index in [4.69, 9.17) is 58.0 Å². The quantitative estimate of drug-likeness (QED) is 0.306. The molecule has 2 aromatic carbocycles. The Labute approximate surface area is 202 Å². The molecule has 0 radical (unpaired) electrons. The molecule has 0 atom stereocenters. The Balaban J connectivity index is 1.51. The molecule has 0 unspecified atom stereocenters. The highest BCUT2D eigenvalue weighted by Crippen LogP contribution is 2.30. The van der Waals surface area contributed by atoms with Crippen LogP contribution in [0.1, 0.15) is 16.1 Å². The van der Waals surface area contributed by atoms with E-state index < -0.39 is 5.91 Å². The number of H-pyrrole nitrogens is 1. The Kier molecular flexibility index (Phi) is 6.46. The summed E-state index contributed by atoms with van der Waals surface area (Å²) in [5.74, 6) is -0.276. The highest BCUT2D eigenvalue weighted by Gasteiger charge is 2.17. The number of nitrogens with one attached hydrogen (secondary N) is 2. The van der Waals surface area contributed by atoms with Crippen molar-refractivity contribution in [2.24, 2.45) is 0 Å². The molecule has 0 aliphatic heterocycles. The fraction of sp³-hybridized carbons (Fsp3) is 0.0500. The monoisotopic (exact) mass is 513 g/mol. The number of aromatic nitrogens is 4. The lowest BCUT2D eigenvalue weighted by Crippen LogP contribution is -2.13. The number of hydrogen-bond acceptors (Lipinski definition) is 3. The lowest BCUT2D eigenvalue weighted by Gasteiger charge is -2.06. The summed E-state index contributed by atoms with van der Waals surface area (Å²) in [5, 5.41) is 16.0. The number of benzene rings is 2. The number of halogens is 5. The van der Waals surface area contributed by atoms with E-state index in [1.807, 2.05) is 0 Å². The molecule has 4 rings (SSSR count). The zero-order valence-corrected chi connectivity index (χ0v) is 19.2. The average Bonchev–Trinajstić information content (AvgIpc) is 3.32. The molecular formula is C20H12Cl5N5O. The molecule has 0 fully saturated rings. The number of carbonyl (C=O) groups is 1. The van der Waals surface area contributed by atoms with Gasteiger partial charge in [0.25, 0.3) is 5.91 Å². The molecule has 6 nitrogen and oxygen atoms in total. The first-order valence-corrected chi connectivity index (χ1v) is 10.7. The van der Waals surface area contributed by atoms with Crippen LogP contribution >= 0.6 is 58.0 Å². The van der Waals surface area contributed by atoms with Crippen molar-refractivity contribution < 1.29 is 4.79 Å². The SMILES string of the molecule is O=C(Nc1nn(Cc2c(Cl)cccc2Cl)cc1Cl)c1cc(-c2ccc(Cl)cc2Cl)n[nH]1. The Hall–Kier alpha value is -2.22. The van der Waals surface area contributed by atoms with Crippen LogP contribution in [0.2, 0.25) is 25.1 Å². The van der Waals surface area contributed by atoms with Crippen molar-refractivity contribution in [1.29, 1.82) is 0 Å². The van der Waals surface area contributed by atoms with E-state index in [1.54, 1.807) is 48.7 Å². The molecule has 0 aliphatic carbocycles. The molecule has 0 saturated heterocycles. The van der Waals surface area contributed by atoms with Gasteiger partial charge in [-0.1, -0.05) is 64.1 Å². The number of aromatic amines is 1. The third kappa shape index (κ3) is 4.84. The first-order chi connectivity index (χ1) is 14.8. The summed E-state index contributed by atoms with van der Waals surface area (Å²) in [7, 11) is 0. The van der Waals surface area contributed by atoms with Gasteiger partial charge in [-0.2, -0.15) is 10.2 Å². The Bertz CT molecular complexity index is 1260. The van der Waals surface area contributed by atoms with Crippen molar-refractivity contribution in [2.75, 3.05) is 5.32 Å². The van der Waals surface area contributed by atoms with Crippen LogP contribution in [-0.2, 0) is 6.54 Å². The minimum atomic E-state index is -0.466. The Morgan fingerprint density at radius 3 is 2.42 bits per heavy atom. The van der Waals surface area contributed by atoms with E-state index >= 15 is 0 Å². The number of amides is 1. The molecule has 31 heavy (non-hydrogen) atoms. The molecule has 2 aromatic heterocycles. The van der Waals surface area contributed by atoms with E-state index in [0.717, 1.165) is 0 Å². The van der Waals surface area contributed by atoms with Gasteiger partial charge in [-0.05, 0) is 36.4 Å². The van der Waals surface area contributed by atoms with Crippen LogP contribution in [0.15, 0.2) is 48.7 Å². The summed E-state index contributed by atoms with van der Waals surface area (Å²) in [6.45, 7) is 0.289. The normalized spacial score (nSPS) is 11.0. The van der Waals surface area contributed by atoms with Crippen LogP contribution in [0.4, 0.5) is 5.82 Å². The van der Waals surface area contributed by atoms with E-state index in [2.05, 4.69) is 20.6 Å². The summed E-state index contributed by atoms with van der Waals surface area (Å²) in [6, 6.07) is 11.8. The summed E-state index contributed by atoms with van der Waals surface area (Å²) in [5.41, 5.74) is 2.04. The Morgan fingerprint density at radius 1 is 0.968 bits per heavy atom. The third-order valence-electron chi connectivity index (χ3n) is 4.36. The maximum absolute atomic E-state index is 12.6. The highest BCUT2D eigenvalue weighted by molar-refractivity contribution is 6.37.